The normalized spacial score (nSPS) is 15.5. The van der Waals surface area contributed by atoms with Gasteiger partial charge in [0.1, 0.15) is 5.82 Å². The molecule has 6 nitrogen and oxygen atoms in total. The highest BCUT2D eigenvalue weighted by atomic mass is 127. The summed E-state index contributed by atoms with van der Waals surface area (Å²) in [5.41, 5.74) is 2.42. The third kappa shape index (κ3) is 6.10. The van der Waals surface area contributed by atoms with Gasteiger partial charge in [-0.25, -0.2) is 4.98 Å². The van der Waals surface area contributed by atoms with E-state index in [1.165, 1.54) is 5.56 Å². The van der Waals surface area contributed by atoms with Crippen molar-refractivity contribution in [2.24, 2.45) is 4.99 Å². The van der Waals surface area contributed by atoms with Gasteiger partial charge in [0.2, 0.25) is 0 Å². The number of nitrogens with zero attached hydrogens (tertiary/aromatic N) is 4. The van der Waals surface area contributed by atoms with E-state index < -0.39 is 0 Å². The number of hydrogen-bond donors (Lipinski definition) is 2. The van der Waals surface area contributed by atoms with Crippen LogP contribution in [0.15, 0.2) is 40.1 Å². The molecule has 142 valence electrons. The van der Waals surface area contributed by atoms with Gasteiger partial charge in [0.25, 0.3) is 0 Å². The maximum absolute atomic E-state index is 4.63. The average Bonchev–Trinajstić information content (AvgIpc) is 3.17. The molecule has 0 bridgehead atoms. The standard InChI is InChI=1S/C18H26N6S.HI/c1-19-18(22-13-16-5-10-25-14-16)21-12-15-3-4-17(20-11-15)24-8-6-23(2)7-9-24;/h3-5,10-11,14H,6-9,12-13H2,1-2H3,(H2,19,21,22);1H. The summed E-state index contributed by atoms with van der Waals surface area (Å²) in [6.45, 7) is 5.76. The SMILES string of the molecule is CN=C(NCc1ccc(N2CCN(C)CC2)nc1)NCc1ccsc1.I. The number of anilines is 1. The minimum absolute atomic E-state index is 0. The first-order valence-electron chi connectivity index (χ1n) is 8.58. The third-order valence-corrected chi connectivity index (χ3v) is 5.09. The van der Waals surface area contributed by atoms with Crippen LogP contribution < -0.4 is 15.5 Å². The van der Waals surface area contributed by atoms with E-state index in [2.05, 4.69) is 66.4 Å². The molecule has 1 saturated heterocycles. The van der Waals surface area contributed by atoms with E-state index in [-0.39, 0.29) is 24.0 Å². The van der Waals surface area contributed by atoms with E-state index in [9.17, 15) is 0 Å². The number of aromatic nitrogens is 1. The molecule has 0 radical (unpaired) electrons. The Kier molecular flexibility index (Phi) is 8.60. The van der Waals surface area contributed by atoms with Crippen LogP contribution in [-0.4, -0.2) is 56.1 Å². The fourth-order valence-corrected chi connectivity index (χ4v) is 3.40. The number of guanidine groups is 1. The molecule has 0 amide bonds. The molecule has 0 spiro atoms. The number of thiophene rings is 1. The van der Waals surface area contributed by atoms with Gasteiger partial charge in [0.05, 0.1) is 0 Å². The smallest absolute Gasteiger partial charge is 0.191 e. The first kappa shape index (κ1) is 20.9. The maximum Gasteiger partial charge on any atom is 0.191 e. The number of halogens is 1. The van der Waals surface area contributed by atoms with Gasteiger partial charge in [0, 0.05) is 52.5 Å². The second-order valence-corrected chi connectivity index (χ2v) is 7.01. The molecule has 1 fully saturated rings. The fourth-order valence-electron chi connectivity index (χ4n) is 2.73. The van der Waals surface area contributed by atoms with Crippen LogP contribution >= 0.6 is 35.3 Å². The van der Waals surface area contributed by atoms with Crippen molar-refractivity contribution >= 4 is 47.1 Å². The van der Waals surface area contributed by atoms with Gasteiger partial charge in [-0.05, 0) is 41.1 Å². The molecule has 0 aliphatic carbocycles. The second kappa shape index (κ2) is 10.7. The van der Waals surface area contributed by atoms with E-state index in [4.69, 9.17) is 0 Å². The number of likely N-dealkylation sites (N-methyl/N-ethyl adjacent to an activating group) is 1. The van der Waals surface area contributed by atoms with Crippen molar-refractivity contribution in [2.45, 2.75) is 13.1 Å². The Morgan fingerprint density at radius 3 is 2.42 bits per heavy atom. The van der Waals surface area contributed by atoms with Crippen LogP contribution in [0.1, 0.15) is 11.1 Å². The van der Waals surface area contributed by atoms with Crippen molar-refractivity contribution in [1.29, 1.82) is 0 Å². The van der Waals surface area contributed by atoms with Crippen molar-refractivity contribution < 1.29 is 0 Å². The van der Waals surface area contributed by atoms with E-state index in [0.717, 1.165) is 50.1 Å². The summed E-state index contributed by atoms with van der Waals surface area (Å²) in [4.78, 5) is 13.6. The molecule has 0 unspecified atom stereocenters. The van der Waals surface area contributed by atoms with Gasteiger partial charge in [-0.1, -0.05) is 6.07 Å². The Bertz CT molecular complexity index is 665. The molecule has 26 heavy (non-hydrogen) atoms. The Labute approximate surface area is 176 Å². The lowest BCUT2D eigenvalue weighted by Crippen LogP contribution is -2.44. The Morgan fingerprint density at radius 2 is 1.85 bits per heavy atom. The summed E-state index contributed by atoms with van der Waals surface area (Å²) < 4.78 is 0. The van der Waals surface area contributed by atoms with Gasteiger partial charge in [-0.15, -0.1) is 24.0 Å². The minimum Gasteiger partial charge on any atom is -0.354 e. The Balaban J connectivity index is 0.00000243. The van der Waals surface area contributed by atoms with Gasteiger partial charge in [-0.3, -0.25) is 4.99 Å². The van der Waals surface area contributed by atoms with Crippen LogP contribution in [0.4, 0.5) is 5.82 Å². The number of hydrogen-bond acceptors (Lipinski definition) is 5. The molecular weight excluding hydrogens is 459 g/mol. The average molecular weight is 486 g/mol. The Hall–Kier alpha value is -1.39. The van der Waals surface area contributed by atoms with Crippen LogP contribution in [0.25, 0.3) is 0 Å². The molecule has 8 heteroatoms. The summed E-state index contributed by atoms with van der Waals surface area (Å²) in [5.74, 6) is 1.87. The topological polar surface area (TPSA) is 55.8 Å². The van der Waals surface area contributed by atoms with Crippen molar-refractivity contribution in [1.82, 2.24) is 20.5 Å². The van der Waals surface area contributed by atoms with Crippen molar-refractivity contribution in [3.05, 3.63) is 46.3 Å². The lowest BCUT2D eigenvalue weighted by molar-refractivity contribution is 0.312. The third-order valence-electron chi connectivity index (χ3n) is 4.36. The fraction of sp³-hybridized carbons (Fsp3) is 0.444. The summed E-state index contributed by atoms with van der Waals surface area (Å²) >= 11 is 1.71. The molecule has 1 aliphatic rings. The lowest BCUT2D eigenvalue weighted by atomic mass is 10.2. The lowest BCUT2D eigenvalue weighted by Gasteiger charge is -2.33. The molecule has 0 atom stereocenters. The molecule has 3 heterocycles. The monoisotopic (exact) mass is 486 g/mol. The Morgan fingerprint density at radius 1 is 1.12 bits per heavy atom. The highest BCUT2D eigenvalue weighted by Gasteiger charge is 2.14. The zero-order valence-electron chi connectivity index (χ0n) is 15.3. The molecule has 2 aromatic heterocycles. The first-order chi connectivity index (χ1) is 12.2. The molecule has 3 rings (SSSR count). The predicted octanol–water partition coefficient (Wildman–Crippen LogP) is 2.38. The molecule has 0 saturated carbocycles. The summed E-state index contributed by atoms with van der Waals surface area (Å²) in [7, 11) is 3.95. The maximum atomic E-state index is 4.63. The van der Waals surface area contributed by atoms with Crippen LogP contribution in [0.2, 0.25) is 0 Å². The van der Waals surface area contributed by atoms with Crippen LogP contribution in [-0.2, 0) is 13.1 Å². The first-order valence-corrected chi connectivity index (χ1v) is 9.53. The van der Waals surface area contributed by atoms with Gasteiger partial charge >= 0.3 is 0 Å². The summed E-state index contributed by atoms with van der Waals surface area (Å²) in [6.07, 6.45) is 1.95. The quantitative estimate of drug-likeness (QED) is 0.386. The van der Waals surface area contributed by atoms with Crippen molar-refractivity contribution in [2.75, 3.05) is 45.2 Å². The minimum atomic E-state index is 0. The number of nitrogens with one attached hydrogen (secondary N) is 2. The highest BCUT2D eigenvalue weighted by Crippen LogP contribution is 2.13. The van der Waals surface area contributed by atoms with E-state index in [0.29, 0.717) is 6.54 Å². The van der Waals surface area contributed by atoms with Crippen LogP contribution in [0, 0.1) is 0 Å². The van der Waals surface area contributed by atoms with E-state index in [1.54, 1.807) is 18.4 Å². The molecule has 0 aromatic carbocycles. The highest BCUT2D eigenvalue weighted by molar-refractivity contribution is 14.0. The molecule has 2 N–H and O–H groups in total. The van der Waals surface area contributed by atoms with Gasteiger partial charge < -0.3 is 20.4 Å². The van der Waals surface area contributed by atoms with Crippen LogP contribution in [0.3, 0.4) is 0 Å². The van der Waals surface area contributed by atoms with Gasteiger partial charge in [-0.2, -0.15) is 11.3 Å². The second-order valence-electron chi connectivity index (χ2n) is 6.23. The van der Waals surface area contributed by atoms with E-state index in [1.807, 2.05) is 6.20 Å². The largest absolute Gasteiger partial charge is 0.354 e. The summed E-state index contributed by atoms with van der Waals surface area (Å²) in [5, 5.41) is 10.9. The summed E-state index contributed by atoms with van der Waals surface area (Å²) in [6, 6.07) is 6.37. The number of aliphatic imine (C=N–C) groups is 1. The predicted molar refractivity (Wildman–Crippen MR) is 121 cm³/mol. The molecular formula is C18H27IN6S. The molecule has 2 aromatic rings. The number of piperazine rings is 1. The van der Waals surface area contributed by atoms with Crippen molar-refractivity contribution in [3.63, 3.8) is 0 Å². The van der Waals surface area contributed by atoms with E-state index >= 15 is 0 Å². The zero-order valence-corrected chi connectivity index (χ0v) is 18.5. The number of rotatable bonds is 5. The van der Waals surface area contributed by atoms with Crippen molar-refractivity contribution in [3.8, 4) is 0 Å². The zero-order chi connectivity index (χ0) is 17.5. The van der Waals surface area contributed by atoms with Crippen LogP contribution in [0.5, 0.6) is 0 Å². The van der Waals surface area contributed by atoms with Gasteiger partial charge in [0.15, 0.2) is 5.96 Å². The number of pyridine rings is 1. The molecule has 1 aliphatic heterocycles.